The van der Waals surface area contributed by atoms with Crippen molar-refractivity contribution in [2.24, 2.45) is 0 Å². The number of hydrogen-bond acceptors (Lipinski definition) is 1. The van der Waals surface area contributed by atoms with Crippen molar-refractivity contribution in [3.8, 4) is 0 Å². The summed E-state index contributed by atoms with van der Waals surface area (Å²) >= 11 is 1.06. The first kappa shape index (κ1) is 24.0. The van der Waals surface area contributed by atoms with E-state index in [0.29, 0.717) is 0 Å². The van der Waals surface area contributed by atoms with Crippen LogP contribution in [0.2, 0.25) is 0 Å². The zero-order valence-corrected chi connectivity index (χ0v) is 10.1. The zero-order valence-electron chi connectivity index (χ0n) is 4.52. The van der Waals surface area contributed by atoms with Crippen molar-refractivity contribution < 1.29 is 73.7 Å². The van der Waals surface area contributed by atoms with Gasteiger partial charge in [0.15, 0.2) is 0 Å². The Bertz CT molecular complexity index is 17.7. The van der Waals surface area contributed by atoms with Gasteiger partial charge in [0.2, 0.25) is 0 Å². The Balaban J connectivity index is -0.000000000500. The summed E-state index contributed by atoms with van der Waals surface area (Å²) in [4.78, 5) is 0. The average Bonchev–Trinajstić information content (AvgIpc) is 1.00. The van der Waals surface area contributed by atoms with Crippen LogP contribution in [0.15, 0.2) is 0 Å². The standard InChI is InChI=1S/Ca.Mn.O.V.Y.2H/q+2;;;;;2*-1. The second-order valence-corrected chi connectivity index (χ2v) is 0. The molecular formula is H2CaMnOVY. The molecule has 0 aromatic rings. The normalized spacial score (nSPS) is 0.600. The van der Waals surface area contributed by atoms with Gasteiger partial charge in [-0.05, 0) is 0 Å². The van der Waals surface area contributed by atoms with E-state index in [-0.39, 0.29) is 90.4 Å². The fourth-order valence-electron chi connectivity index (χ4n) is 0. The van der Waals surface area contributed by atoms with E-state index in [2.05, 4.69) is 0 Å². The van der Waals surface area contributed by atoms with Gasteiger partial charge in [-0.3, -0.25) is 0 Å². The summed E-state index contributed by atoms with van der Waals surface area (Å²) in [6.45, 7) is 0. The van der Waals surface area contributed by atoms with Crippen LogP contribution in [0, 0.1) is 0 Å². The summed E-state index contributed by atoms with van der Waals surface area (Å²) in [7, 11) is 0. The van der Waals surface area contributed by atoms with Crippen molar-refractivity contribution in [2.45, 2.75) is 0 Å². The Morgan fingerprint density at radius 3 is 1.40 bits per heavy atom. The van der Waals surface area contributed by atoms with E-state index in [4.69, 9.17) is 3.67 Å². The van der Waals surface area contributed by atoms with Crippen molar-refractivity contribution in [1.82, 2.24) is 0 Å². The smallest absolute Gasteiger partial charge is 0 e. The molecule has 5 heavy (non-hydrogen) atoms. The van der Waals surface area contributed by atoms with Gasteiger partial charge in [0.05, 0.1) is 0 Å². The molecule has 0 N–H and O–H groups in total. The van der Waals surface area contributed by atoms with Crippen LogP contribution < -0.4 is 0 Å². The van der Waals surface area contributed by atoms with E-state index >= 15 is 0 Å². The first-order valence-corrected chi connectivity index (χ1v) is 0.753. The predicted molar refractivity (Wildman–Crippen MR) is 8.66 cm³/mol. The average molecular weight is 253 g/mol. The van der Waals surface area contributed by atoms with Crippen LogP contribution in [0.25, 0.3) is 0 Å². The molecule has 0 aromatic carbocycles. The third-order valence-corrected chi connectivity index (χ3v) is 0. The van der Waals surface area contributed by atoms with Gasteiger partial charge in [-0.2, -0.15) is 0 Å². The maximum Gasteiger partial charge on any atom is 0 e. The van der Waals surface area contributed by atoms with Crippen molar-refractivity contribution in [1.29, 1.82) is 0 Å². The molecule has 0 rings (SSSR count). The molecule has 0 saturated carbocycles. The van der Waals surface area contributed by atoms with Crippen LogP contribution >= 0.6 is 0 Å². The molecule has 0 heterocycles. The predicted octanol–water partition coefficient (Wildman–Crippen LogP) is -0.282. The van der Waals surface area contributed by atoms with Crippen LogP contribution in [-0.2, 0) is 70.8 Å². The van der Waals surface area contributed by atoms with E-state index in [9.17, 15) is 0 Å². The third kappa shape index (κ3) is 18.9. The Morgan fingerprint density at radius 2 is 1.40 bits per heavy atom. The Labute approximate surface area is 109 Å². The molecule has 2 radical (unpaired) electrons. The molecule has 0 aliphatic carbocycles. The molecule has 0 spiro atoms. The van der Waals surface area contributed by atoms with Crippen LogP contribution in [0.3, 0.4) is 0 Å². The Kier molecular flexibility index (Phi) is 128. The fourth-order valence-corrected chi connectivity index (χ4v) is 0. The van der Waals surface area contributed by atoms with Crippen LogP contribution in [0.1, 0.15) is 2.85 Å². The van der Waals surface area contributed by atoms with E-state index in [0.717, 1.165) is 17.4 Å². The maximum atomic E-state index is 8.19. The summed E-state index contributed by atoms with van der Waals surface area (Å²) in [6, 6.07) is 0. The second-order valence-electron chi connectivity index (χ2n) is 0. The van der Waals surface area contributed by atoms with Gasteiger partial charge in [0.25, 0.3) is 0 Å². The molecular weight excluding hydrogens is 251 g/mol. The SMILES string of the molecule is [Ca+2].[H-].[H-].[Mn].[O]=[V].[Y]. The molecule has 0 saturated heterocycles. The van der Waals surface area contributed by atoms with Gasteiger partial charge in [-0.25, -0.2) is 0 Å². The number of rotatable bonds is 0. The first-order valence-electron chi connectivity index (χ1n) is 0.183. The van der Waals surface area contributed by atoms with Gasteiger partial charge in [0.1, 0.15) is 0 Å². The van der Waals surface area contributed by atoms with Gasteiger partial charge in [-0.1, -0.05) is 0 Å². The monoisotopic (exact) mass is 253 g/mol. The summed E-state index contributed by atoms with van der Waals surface area (Å²) in [5.74, 6) is 0. The van der Waals surface area contributed by atoms with Crippen molar-refractivity contribution >= 4 is 37.7 Å². The summed E-state index contributed by atoms with van der Waals surface area (Å²) in [5, 5.41) is 0. The summed E-state index contributed by atoms with van der Waals surface area (Å²) in [5.41, 5.74) is 0. The molecule has 0 atom stereocenters. The topological polar surface area (TPSA) is 17.1 Å². The van der Waals surface area contributed by atoms with E-state index < -0.39 is 0 Å². The van der Waals surface area contributed by atoms with E-state index in [1.54, 1.807) is 0 Å². The minimum Gasteiger partial charge on any atom is 0 e. The van der Waals surface area contributed by atoms with E-state index in [1.807, 2.05) is 0 Å². The molecule has 0 amide bonds. The first-order chi connectivity index (χ1) is 1.00. The molecule has 0 aromatic heterocycles. The maximum absolute atomic E-state index is 8.19. The quantitative estimate of drug-likeness (QED) is 0.542. The van der Waals surface area contributed by atoms with Crippen LogP contribution in [0.4, 0.5) is 0 Å². The molecule has 0 unspecified atom stereocenters. The molecule has 1 nitrogen and oxygen atoms in total. The Hall–Kier alpha value is 3.27. The Morgan fingerprint density at radius 1 is 1.40 bits per heavy atom. The van der Waals surface area contributed by atoms with Crippen molar-refractivity contribution in [3.05, 3.63) is 0 Å². The molecule has 25 valence electrons. The number of hydrogen-bond donors (Lipinski definition) is 0. The largest absolute Gasteiger partial charge is 0 e. The van der Waals surface area contributed by atoms with Gasteiger partial charge >= 0.3 is 58.8 Å². The van der Waals surface area contributed by atoms with E-state index in [1.165, 1.54) is 0 Å². The van der Waals surface area contributed by atoms with Gasteiger partial charge in [-0.15, -0.1) is 0 Å². The van der Waals surface area contributed by atoms with Crippen LogP contribution in [-0.4, -0.2) is 37.7 Å². The van der Waals surface area contributed by atoms with Gasteiger partial charge in [0, 0.05) is 49.8 Å². The minimum atomic E-state index is 0. The zero-order chi connectivity index (χ0) is 2.00. The van der Waals surface area contributed by atoms with Crippen LogP contribution in [0.5, 0.6) is 0 Å². The fraction of sp³-hybridized carbons (Fsp3) is 0. The minimum absolute atomic E-state index is 0. The van der Waals surface area contributed by atoms with Crippen molar-refractivity contribution in [3.63, 3.8) is 0 Å². The molecule has 0 bridgehead atoms. The molecule has 0 aliphatic heterocycles. The summed E-state index contributed by atoms with van der Waals surface area (Å²) in [6.07, 6.45) is 0. The third-order valence-electron chi connectivity index (χ3n) is 0. The molecule has 0 aliphatic rings. The summed E-state index contributed by atoms with van der Waals surface area (Å²) < 4.78 is 8.19. The van der Waals surface area contributed by atoms with Crippen molar-refractivity contribution in [2.75, 3.05) is 0 Å². The molecule has 5 heteroatoms. The second kappa shape index (κ2) is 26.7. The molecule has 0 fully saturated rings. The van der Waals surface area contributed by atoms with Gasteiger partial charge < -0.3 is 2.85 Å².